The third-order valence-corrected chi connectivity index (χ3v) is 4.96. The zero-order valence-electron chi connectivity index (χ0n) is 12.6. The Bertz CT molecular complexity index is 954. The highest BCUT2D eigenvalue weighted by Crippen LogP contribution is 2.17. The molecule has 0 aromatic carbocycles. The maximum absolute atomic E-state index is 12.6. The van der Waals surface area contributed by atoms with E-state index >= 15 is 0 Å². The molecule has 8 heteroatoms. The minimum Gasteiger partial charge on any atom is -0.335 e. The van der Waals surface area contributed by atoms with Crippen LogP contribution in [0.3, 0.4) is 0 Å². The van der Waals surface area contributed by atoms with Crippen LogP contribution in [-0.2, 0) is 20.0 Å². The normalized spacial score (nSPS) is 14.7. The van der Waals surface area contributed by atoms with Gasteiger partial charge in [0.15, 0.2) is 0 Å². The summed E-state index contributed by atoms with van der Waals surface area (Å²) in [5, 5.41) is 6.05. The average Bonchev–Trinajstić information content (AvgIpc) is 3.12. The summed E-state index contributed by atoms with van der Waals surface area (Å²) < 4.78 is 3.99. The number of aryl methyl sites for hydroxylation is 1. The van der Waals surface area contributed by atoms with Crippen molar-refractivity contribution in [2.75, 3.05) is 13.1 Å². The predicted molar refractivity (Wildman–Crippen MR) is 86.7 cm³/mol. The maximum Gasteiger partial charge on any atom is 0.274 e. The van der Waals surface area contributed by atoms with Crippen molar-refractivity contribution in [3.63, 3.8) is 0 Å². The number of hydrogen-bond donors (Lipinski definition) is 0. The molecule has 118 valence electrons. The summed E-state index contributed by atoms with van der Waals surface area (Å²) in [6, 6.07) is 3.57. The van der Waals surface area contributed by atoms with Crippen LogP contribution in [0.15, 0.2) is 28.5 Å². The fourth-order valence-corrected chi connectivity index (χ4v) is 3.65. The summed E-state index contributed by atoms with van der Waals surface area (Å²) in [4.78, 5) is 31.4. The summed E-state index contributed by atoms with van der Waals surface area (Å²) in [5.41, 5.74) is 1.17. The van der Waals surface area contributed by atoms with Gasteiger partial charge in [-0.3, -0.25) is 18.8 Å². The van der Waals surface area contributed by atoms with E-state index in [1.165, 1.54) is 11.3 Å². The Labute approximate surface area is 135 Å². The van der Waals surface area contributed by atoms with Crippen molar-refractivity contribution in [3.05, 3.63) is 45.6 Å². The Morgan fingerprint density at radius 1 is 1.26 bits per heavy atom. The van der Waals surface area contributed by atoms with Crippen LogP contribution in [0.4, 0.5) is 0 Å². The van der Waals surface area contributed by atoms with E-state index < -0.39 is 0 Å². The number of rotatable bonds is 1. The summed E-state index contributed by atoms with van der Waals surface area (Å²) >= 11 is 1.41. The van der Waals surface area contributed by atoms with Gasteiger partial charge in [0, 0.05) is 39.3 Å². The second-order valence-corrected chi connectivity index (χ2v) is 6.45. The van der Waals surface area contributed by atoms with Gasteiger partial charge < -0.3 is 4.90 Å². The fraction of sp³-hybridized carbons (Fsp3) is 0.333. The molecule has 4 rings (SSSR count). The quantitative estimate of drug-likeness (QED) is 0.665. The van der Waals surface area contributed by atoms with Gasteiger partial charge in [-0.05, 0) is 17.5 Å². The van der Waals surface area contributed by atoms with E-state index in [0.29, 0.717) is 36.4 Å². The number of thiophene rings is 1. The van der Waals surface area contributed by atoms with Gasteiger partial charge in [0.25, 0.3) is 11.5 Å². The van der Waals surface area contributed by atoms with Crippen molar-refractivity contribution in [2.45, 2.75) is 13.0 Å². The fourth-order valence-electron chi connectivity index (χ4n) is 2.87. The molecule has 0 unspecified atom stereocenters. The molecule has 0 fully saturated rings. The van der Waals surface area contributed by atoms with Crippen LogP contribution in [0.5, 0.6) is 0 Å². The first-order chi connectivity index (χ1) is 11.1. The van der Waals surface area contributed by atoms with Crippen molar-refractivity contribution < 1.29 is 4.79 Å². The van der Waals surface area contributed by atoms with Crippen molar-refractivity contribution in [2.24, 2.45) is 7.05 Å². The number of carbonyl (C=O) groups excluding carboxylic acids is 1. The molecule has 0 spiro atoms. The van der Waals surface area contributed by atoms with E-state index in [0.717, 1.165) is 11.3 Å². The predicted octanol–water partition coefficient (Wildman–Crippen LogP) is 0.890. The molecular formula is C15H15N5O2S. The molecule has 0 radical (unpaired) electrons. The number of amides is 1. The van der Waals surface area contributed by atoms with Gasteiger partial charge in [-0.1, -0.05) is 0 Å². The highest BCUT2D eigenvalue weighted by molar-refractivity contribution is 7.17. The Hall–Kier alpha value is -2.48. The molecule has 0 N–H and O–H groups in total. The minimum absolute atomic E-state index is 0.00728. The summed E-state index contributed by atoms with van der Waals surface area (Å²) in [6.07, 6.45) is 2.32. The summed E-state index contributed by atoms with van der Waals surface area (Å²) in [5.74, 6) is 0.644. The van der Waals surface area contributed by atoms with Crippen LogP contribution < -0.4 is 5.56 Å². The average molecular weight is 329 g/mol. The lowest BCUT2D eigenvalue weighted by Gasteiger charge is -2.18. The molecule has 0 aliphatic carbocycles. The molecule has 0 bridgehead atoms. The van der Waals surface area contributed by atoms with Crippen LogP contribution in [-0.4, -0.2) is 43.2 Å². The number of fused-ring (bicyclic) bond motifs is 2. The number of nitrogens with zero attached hydrogens (tertiary/aromatic N) is 5. The Morgan fingerprint density at radius 3 is 2.91 bits per heavy atom. The lowest BCUT2D eigenvalue weighted by Crippen LogP contribution is -2.34. The maximum atomic E-state index is 12.6. The molecule has 0 saturated carbocycles. The third kappa shape index (κ3) is 2.35. The summed E-state index contributed by atoms with van der Waals surface area (Å²) in [6.45, 7) is 1.49. The number of carbonyl (C=O) groups is 1. The molecule has 1 aliphatic rings. The van der Waals surface area contributed by atoms with E-state index in [1.54, 1.807) is 33.5 Å². The molecule has 4 heterocycles. The molecule has 1 amide bonds. The highest BCUT2D eigenvalue weighted by atomic mass is 32.1. The molecule has 1 aliphatic heterocycles. The first-order valence-electron chi connectivity index (χ1n) is 7.39. The second-order valence-electron chi connectivity index (χ2n) is 5.54. The van der Waals surface area contributed by atoms with Gasteiger partial charge in [-0.25, -0.2) is 4.98 Å². The van der Waals surface area contributed by atoms with Crippen LogP contribution >= 0.6 is 11.3 Å². The topological polar surface area (TPSA) is 73.0 Å². The van der Waals surface area contributed by atoms with Gasteiger partial charge in [0.1, 0.15) is 16.2 Å². The van der Waals surface area contributed by atoms with E-state index in [2.05, 4.69) is 10.1 Å². The summed E-state index contributed by atoms with van der Waals surface area (Å²) in [7, 11) is 1.78. The van der Waals surface area contributed by atoms with E-state index in [-0.39, 0.29) is 11.5 Å². The second kappa shape index (κ2) is 5.31. The Balaban J connectivity index is 1.65. The van der Waals surface area contributed by atoms with Crippen LogP contribution in [0.25, 0.3) is 10.2 Å². The van der Waals surface area contributed by atoms with Gasteiger partial charge in [-0.15, -0.1) is 11.3 Å². The molecule has 0 atom stereocenters. The Kier molecular flexibility index (Phi) is 3.26. The van der Waals surface area contributed by atoms with E-state index in [4.69, 9.17) is 0 Å². The van der Waals surface area contributed by atoms with Crippen LogP contribution in [0.1, 0.15) is 16.3 Å². The van der Waals surface area contributed by atoms with E-state index in [9.17, 15) is 9.59 Å². The molecule has 3 aromatic heterocycles. The van der Waals surface area contributed by atoms with Gasteiger partial charge in [0.05, 0.1) is 5.52 Å². The third-order valence-electron chi connectivity index (χ3n) is 4.06. The smallest absolute Gasteiger partial charge is 0.274 e. The lowest BCUT2D eigenvalue weighted by molar-refractivity contribution is 0.0752. The molecule has 0 saturated heterocycles. The van der Waals surface area contributed by atoms with Gasteiger partial charge in [0.2, 0.25) is 0 Å². The van der Waals surface area contributed by atoms with Crippen molar-refractivity contribution >= 4 is 27.5 Å². The van der Waals surface area contributed by atoms with Gasteiger partial charge >= 0.3 is 0 Å². The molecule has 3 aromatic rings. The van der Waals surface area contributed by atoms with Crippen molar-refractivity contribution in [1.29, 1.82) is 0 Å². The van der Waals surface area contributed by atoms with Crippen LogP contribution in [0, 0.1) is 0 Å². The number of hydrogen-bond acceptors (Lipinski definition) is 5. The Morgan fingerprint density at radius 2 is 2.13 bits per heavy atom. The highest BCUT2D eigenvalue weighted by Gasteiger charge is 2.23. The zero-order chi connectivity index (χ0) is 16.0. The standard InChI is InChI=1S/C15H15N5O2S/c1-18-5-2-11(17-18)14(21)19-6-3-12-16-10-4-9-23-13(10)15(22)20(12)8-7-19/h2,4-5,9H,3,6-8H2,1H3. The largest absolute Gasteiger partial charge is 0.335 e. The van der Waals surface area contributed by atoms with Gasteiger partial charge in [-0.2, -0.15) is 5.10 Å². The van der Waals surface area contributed by atoms with Crippen LogP contribution in [0.2, 0.25) is 0 Å². The molecule has 7 nitrogen and oxygen atoms in total. The van der Waals surface area contributed by atoms with Crippen molar-refractivity contribution in [3.8, 4) is 0 Å². The molecule has 23 heavy (non-hydrogen) atoms. The van der Waals surface area contributed by atoms with Crippen molar-refractivity contribution in [1.82, 2.24) is 24.2 Å². The van der Waals surface area contributed by atoms with E-state index in [1.807, 2.05) is 11.4 Å². The first-order valence-corrected chi connectivity index (χ1v) is 8.27. The SMILES string of the molecule is Cn1ccc(C(=O)N2CCc3nc4ccsc4c(=O)n3CC2)n1. The lowest BCUT2D eigenvalue weighted by atomic mass is 10.3. The zero-order valence-corrected chi connectivity index (χ0v) is 13.4. The first kappa shape index (κ1) is 14.1. The monoisotopic (exact) mass is 329 g/mol. The molecular weight excluding hydrogens is 314 g/mol. The minimum atomic E-state index is -0.103. The number of aromatic nitrogens is 4.